The van der Waals surface area contributed by atoms with Gasteiger partial charge in [0.05, 0.1) is 35.9 Å². The minimum Gasteiger partial charge on any atom is -0.507 e. The monoisotopic (exact) mass is 907 g/mol. The molecule has 4 atom stereocenters. The van der Waals surface area contributed by atoms with E-state index in [1.807, 2.05) is 111 Å². The van der Waals surface area contributed by atoms with Crippen molar-refractivity contribution < 1.29 is 28.8 Å². The number of amides is 2. The number of hydrogen-bond donors (Lipinski definition) is 3. The molecular formula is C56H58BN3O6Si. The summed E-state index contributed by atoms with van der Waals surface area (Å²) in [6.45, 7) is 10.8. The molecule has 0 spiro atoms. The molecule has 0 saturated carbocycles. The number of phenols is 1. The van der Waals surface area contributed by atoms with Gasteiger partial charge in [-0.1, -0.05) is 106 Å². The second kappa shape index (κ2) is 19.1. The van der Waals surface area contributed by atoms with E-state index in [2.05, 4.69) is 80.7 Å². The lowest BCUT2D eigenvalue weighted by atomic mass is 9.58. The van der Waals surface area contributed by atoms with Gasteiger partial charge >= 0.3 is 7.12 Å². The van der Waals surface area contributed by atoms with Crippen LogP contribution >= 0.6 is 0 Å². The van der Waals surface area contributed by atoms with Crippen molar-refractivity contribution in [2.75, 3.05) is 16.8 Å². The molecule has 5 aromatic carbocycles. The molecule has 67 heavy (non-hydrogen) atoms. The lowest BCUT2D eigenvalue weighted by Crippen LogP contribution is -2.66. The van der Waals surface area contributed by atoms with Crippen LogP contribution in [0.5, 0.6) is 5.75 Å². The number of nitrogens with one attached hydrogen (secondary N) is 1. The van der Waals surface area contributed by atoms with Gasteiger partial charge in [0, 0.05) is 17.6 Å². The highest BCUT2D eigenvalue weighted by Gasteiger charge is 2.58. The molecule has 3 N–H and O–H groups in total. The number of imide groups is 1. The van der Waals surface area contributed by atoms with Crippen LogP contribution in [0.15, 0.2) is 163 Å². The zero-order valence-corrected chi connectivity index (χ0v) is 39.9. The number of anilines is 3. The predicted octanol–water partition coefficient (Wildman–Crippen LogP) is 10.0. The first-order chi connectivity index (χ1) is 32.3. The third-order valence-corrected chi connectivity index (χ3v) is 18.9. The number of rotatable bonds is 13. The summed E-state index contributed by atoms with van der Waals surface area (Å²) in [6.07, 6.45) is 4.81. The van der Waals surface area contributed by atoms with Gasteiger partial charge < -0.3 is 24.5 Å². The van der Waals surface area contributed by atoms with Gasteiger partial charge in [-0.3, -0.25) is 19.5 Å². The normalized spacial score (nSPS) is 19.9. The molecule has 340 valence electrons. The Kier molecular flexibility index (Phi) is 13.0. The predicted molar refractivity (Wildman–Crippen MR) is 271 cm³/mol. The summed E-state index contributed by atoms with van der Waals surface area (Å²) in [5.41, 5.74) is 8.47. The summed E-state index contributed by atoms with van der Waals surface area (Å²) >= 11 is 0. The quantitative estimate of drug-likeness (QED) is 0.0595. The van der Waals surface area contributed by atoms with E-state index in [1.54, 1.807) is 6.20 Å². The Balaban J connectivity index is 1.11. The second-order valence-corrected chi connectivity index (χ2v) is 23.6. The van der Waals surface area contributed by atoms with E-state index < -0.39 is 39.3 Å². The van der Waals surface area contributed by atoms with Gasteiger partial charge in [-0.25, -0.2) is 0 Å². The number of phenolic OH excluding ortho intramolecular Hbond substituents is 1. The number of para-hydroxylation sites is 1. The van der Waals surface area contributed by atoms with Gasteiger partial charge in [0.1, 0.15) is 5.75 Å². The van der Waals surface area contributed by atoms with Crippen molar-refractivity contribution >= 4 is 66.3 Å². The Morgan fingerprint density at radius 1 is 0.821 bits per heavy atom. The summed E-state index contributed by atoms with van der Waals surface area (Å²) in [4.78, 5) is 35.9. The third-order valence-electron chi connectivity index (χ3n) is 13.9. The Hall–Kier alpha value is -6.37. The number of benzene rings is 5. The van der Waals surface area contributed by atoms with Crippen molar-refractivity contribution in [1.82, 2.24) is 4.98 Å². The smallest absolute Gasteiger partial charge is 0.455 e. The first-order valence-corrected chi connectivity index (χ1v) is 25.3. The summed E-state index contributed by atoms with van der Waals surface area (Å²) < 4.78 is 14.2. The minimum atomic E-state index is -3.05. The second-order valence-electron chi connectivity index (χ2n) is 19.2. The van der Waals surface area contributed by atoms with Crippen molar-refractivity contribution in [3.8, 4) is 5.75 Å². The summed E-state index contributed by atoms with van der Waals surface area (Å²) in [7, 11) is -4.21. The fourth-order valence-electron chi connectivity index (χ4n) is 10.9. The van der Waals surface area contributed by atoms with Gasteiger partial charge in [0.2, 0.25) is 11.8 Å². The van der Waals surface area contributed by atoms with Crippen LogP contribution in [0.1, 0.15) is 62.4 Å². The summed E-state index contributed by atoms with van der Waals surface area (Å²) in [6, 6.07) is 48.1. The third kappa shape index (κ3) is 9.09. The van der Waals surface area contributed by atoms with Crippen molar-refractivity contribution in [2.24, 2.45) is 17.8 Å². The number of fused-ring (bicyclic) bond motifs is 3. The summed E-state index contributed by atoms with van der Waals surface area (Å²) in [5, 5.41) is 27.6. The first kappa shape index (κ1) is 45.8. The maximum atomic E-state index is 14.9. The highest BCUT2D eigenvalue weighted by atomic mass is 28.4. The van der Waals surface area contributed by atoms with Gasteiger partial charge in [-0.2, -0.15) is 0 Å². The molecule has 11 heteroatoms. The zero-order valence-electron chi connectivity index (χ0n) is 38.9. The highest BCUT2D eigenvalue weighted by Crippen LogP contribution is 2.52. The molecule has 0 bridgehead atoms. The first-order valence-electron chi connectivity index (χ1n) is 23.3. The van der Waals surface area contributed by atoms with Crippen molar-refractivity contribution in [3.05, 3.63) is 185 Å². The molecule has 0 unspecified atom stereocenters. The molecule has 9 nitrogen and oxygen atoms in total. The molecule has 6 aromatic rings. The number of carbonyl (C=O) groups excluding carboxylic acids is 2. The van der Waals surface area contributed by atoms with E-state index in [0.717, 1.165) is 60.9 Å². The maximum absolute atomic E-state index is 14.9. The fraction of sp³-hybridized carbons (Fsp3) is 0.268. The van der Waals surface area contributed by atoms with Gasteiger partial charge in [0.25, 0.3) is 8.32 Å². The number of aryl methyl sites for hydroxylation is 2. The SMILES string of the molecule is Cc1cc(/C=C(/CC[C@H]2OB(O)C[C@H]3C2=C(CO[Si](c2ccccc2)(c2ccccc2)C(C)(C)C)C[C@H]2C(=O)N(c4ccc(Nc5ccccc5)cc4)C(=O)[C@H]23)c2ccccn2)cc(C)c1O. The van der Waals surface area contributed by atoms with E-state index in [-0.39, 0.29) is 35.5 Å². The number of pyridine rings is 1. The Morgan fingerprint density at radius 3 is 2.01 bits per heavy atom. The maximum Gasteiger partial charge on any atom is 0.455 e. The molecule has 9 rings (SSSR count). The largest absolute Gasteiger partial charge is 0.507 e. The van der Waals surface area contributed by atoms with Crippen LogP contribution in [-0.4, -0.2) is 55.1 Å². The minimum absolute atomic E-state index is 0.178. The van der Waals surface area contributed by atoms with Crippen LogP contribution in [0, 0.1) is 31.6 Å². The van der Waals surface area contributed by atoms with Crippen LogP contribution in [-0.2, 0) is 18.7 Å². The van der Waals surface area contributed by atoms with Crippen molar-refractivity contribution in [1.29, 1.82) is 0 Å². The summed E-state index contributed by atoms with van der Waals surface area (Å²) in [5.74, 6) is -2.01. The number of allylic oxidation sites excluding steroid dienone is 1. The van der Waals surface area contributed by atoms with Crippen molar-refractivity contribution in [3.63, 3.8) is 0 Å². The van der Waals surface area contributed by atoms with E-state index in [1.165, 1.54) is 4.90 Å². The standard InChI is InChI=1S/C56H58BN3O6Si/c1-37-31-39(32-38(2)53(37)61)33-40(49-23-15-16-30-58-49)24-29-50-51-41(36-65-67(56(3,4)5,45-19-11-7-12-20-45)46-21-13-8-14-22-46)34-47-52(48(51)35-57(64)66-50)55(63)60(54(47)62)44-27-25-43(26-28-44)59-42-17-9-6-10-18-42/h6-23,25-28,30-33,47-48,50,52,59,61,64H,24,29,34-36H2,1-5H3/b40-33-/t47-,48+,50-,52-/m1/s1. The van der Waals surface area contributed by atoms with E-state index in [4.69, 9.17) is 14.1 Å². The average molecular weight is 908 g/mol. The van der Waals surface area contributed by atoms with E-state index >= 15 is 0 Å². The molecule has 3 heterocycles. The van der Waals surface area contributed by atoms with Crippen LogP contribution in [0.3, 0.4) is 0 Å². The van der Waals surface area contributed by atoms with Crippen LogP contribution in [0.2, 0.25) is 11.4 Å². The topological polar surface area (TPSA) is 121 Å². The van der Waals surface area contributed by atoms with Crippen molar-refractivity contribution in [2.45, 2.75) is 71.3 Å². The van der Waals surface area contributed by atoms with Gasteiger partial charge in [-0.15, -0.1) is 0 Å². The number of carbonyl (C=O) groups is 2. The van der Waals surface area contributed by atoms with Crippen LogP contribution in [0.4, 0.5) is 17.1 Å². The Morgan fingerprint density at radius 2 is 1.42 bits per heavy atom. The lowest BCUT2D eigenvalue weighted by molar-refractivity contribution is -0.122. The lowest BCUT2D eigenvalue weighted by Gasteiger charge is -2.46. The highest BCUT2D eigenvalue weighted by molar-refractivity contribution is 6.99. The molecule has 1 aliphatic carbocycles. The van der Waals surface area contributed by atoms with E-state index in [0.29, 0.717) is 24.9 Å². The number of hydrogen-bond acceptors (Lipinski definition) is 8. The van der Waals surface area contributed by atoms with Gasteiger partial charge in [0.15, 0.2) is 0 Å². The number of aromatic hydroxyl groups is 1. The molecule has 2 saturated heterocycles. The van der Waals surface area contributed by atoms with E-state index in [9.17, 15) is 19.7 Å². The zero-order chi connectivity index (χ0) is 46.9. The fourth-order valence-corrected chi connectivity index (χ4v) is 15.4. The van der Waals surface area contributed by atoms with Crippen LogP contribution in [0.25, 0.3) is 11.6 Å². The Bertz CT molecular complexity index is 2740. The molecule has 2 fully saturated rings. The molecule has 3 aliphatic rings. The molecular weight excluding hydrogens is 850 g/mol. The molecule has 2 aliphatic heterocycles. The van der Waals surface area contributed by atoms with Crippen LogP contribution < -0.4 is 20.6 Å². The Labute approximate surface area is 395 Å². The molecule has 0 radical (unpaired) electrons. The number of aromatic nitrogens is 1. The molecule has 1 aromatic heterocycles. The average Bonchev–Trinajstić information content (AvgIpc) is 3.58. The van der Waals surface area contributed by atoms with Gasteiger partial charge in [-0.05, 0) is 161 Å². The number of nitrogens with zero attached hydrogens (tertiary/aromatic N) is 2. The molecule has 2 amide bonds.